The molecular weight excluding hydrogens is 384 g/mol. The number of likely N-dealkylation sites (tertiary alicyclic amines) is 1. The molecule has 0 aliphatic carbocycles. The summed E-state index contributed by atoms with van der Waals surface area (Å²) in [7, 11) is -3.50. The van der Waals surface area contributed by atoms with Gasteiger partial charge < -0.3 is 4.90 Å². The number of piperidine rings is 1. The van der Waals surface area contributed by atoms with Gasteiger partial charge in [-0.05, 0) is 49.8 Å². The fraction of sp³-hybridized carbons (Fsp3) is 0.435. The molecule has 2 aliphatic rings. The number of hydrogen-bond donors (Lipinski definition) is 0. The molecule has 0 bridgehead atoms. The Kier molecular flexibility index (Phi) is 5.74. The molecular formula is C23H28N2O3S. The number of amides is 1. The van der Waals surface area contributed by atoms with Crippen LogP contribution in [0, 0.1) is 0 Å². The zero-order valence-electron chi connectivity index (χ0n) is 16.7. The Bertz CT molecular complexity index is 937. The molecule has 2 fully saturated rings. The van der Waals surface area contributed by atoms with E-state index < -0.39 is 10.0 Å². The van der Waals surface area contributed by atoms with E-state index in [4.69, 9.17) is 0 Å². The lowest BCUT2D eigenvalue weighted by Gasteiger charge is -2.44. The zero-order chi connectivity index (χ0) is 20.3. The third-order valence-electron chi connectivity index (χ3n) is 6.38. The first-order valence-electron chi connectivity index (χ1n) is 10.4. The largest absolute Gasteiger partial charge is 0.343 e. The predicted molar refractivity (Wildman–Crippen MR) is 113 cm³/mol. The van der Waals surface area contributed by atoms with Crippen LogP contribution >= 0.6 is 0 Å². The average molecular weight is 413 g/mol. The molecule has 4 rings (SSSR count). The second-order valence-corrected chi connectivity index (χ2v) is 9.95. The van der Waals surface area contributed by atoms with E-state index in [2.05, 4.69) is 0 Å². The molecule has 154 valence electrons. The fourth-order valence-electron chi connectivity index (χ4n) is 4.73. The van der Waals surface area contributed by atoms with Gasteiger partial charge in [-0.3, -0.25) is 4.79 Å². The summed E-state index contributed by atoms with van der Waals surface area (Å²) in [6, 6.07) is 18.8. The molecule has 0 radical (unpaired) electrons. The van der Waals surface area contributed by atoms with Crippen molar-refractivity contribution in [3.63, 3.8) is 0 Å². The maximum Gasteiger partial charge on any atom is 0.243 e. The van der Waals surface area contributed by atoms with Crippen LogP contribution in [0.25, 0.3) is 0 Å². The quantitative estimate of drug-likeness (QED) is 0.756. The smallest absolute Gasteiger partial charge is 0.243 e. The first kappa shape index (κ1) is 20.1. The second-order valence-electron chi connectivity index (χ2n) is 8.08. The van der Waals surface area contributed by atoms with Crippen molar-refractivity contribution < 1.29 is 13.2 Å². The molecule has 29 heavy (non-hydrogen) atoms. The van der Waals surface area contributed by atoms with Gasteiger partial charge in [0.15, 0.2) is 0 Å². The number of aryl methyl sites for hydroxylation is 1. The van der Waals surface area contributed by atoms with E-state index in [-0.39, 0.29) is 11.4 Å². The highest BCUT2D eigenvalue weighted by atomic mass is 32.2. The van der Waals surface area contributed by atoms with Crippen molar-refractivity contribution in [2.45, 2.75) is 49.0 Å². The summed E-state index contributed by atoms with van der Waals surface area (Å²) in [5.74, 6) is 0.166. The van der Waals surface area contributed by atoms with Gasteiger partial charge in [0, 0.05) is 31.6 Å². The summed E-state index contributed by atoms with van der Waals surface area (Å²) in [6.45, 7) is 1.84. The van der Waals surface area contributed by atoms with E-state index in [9.17, 15) is 13.2 Å². The number of rotatable bonds is 5. The van der Waals surface area contributed by atoms with Crippen molar-refractivity contribution in [3.05, 3.63) is 66.2 Å². The first-order chi connectivity index (χ1) is 14.0. The minimum Gasteiger partial charge on any atom is -0.343 e. The van der Waals surface area contributed by atoms with E-state index in [1.807, 2.05) is 41.3 Å². The number of sulfonamides is 1. The third kappa shape index (κ3) is 4.09. The number of benzene rings is 2. The second kappa shape index (κ2) is 8.28. The minimum atomic E-state index is -3.50. The third-order valence-corrected chi connectivity index (χ3v) is 8.40. The Hall–Kier alpha value is -2.18. The maximum atomic E-state index is 13.2. The van der Waals surface area contributed by atoms with Gasteiger partial charge in [0.2, 0.25) is 15.9 Å². The molecule has 1 amide bonds. The predicted octanol–water partition coefficient (Wildman–Crippen LogP) is 3.47. The highest BCUT2D eigenvalue weighted by Gasteiger charge is 2.49. The van der Waals surface area contributed by atoms with Gasteiger partial charge in [0.05, 0.1) is 4.90 Å². The lowest BCUT2D eigenvalue weighted by atomic mass is 9.86. The van der Waals surface area contributed by atoms with Crippen molar-refractivity contribution in [1.29, 1.82) is 0 Å². The summed E-state index contributed by atoms with van der Waals surface area (Å²) in [4.78, 5) is 14.9. The highest BCUT2D eigenvalue weighted by Crippen LogP contribution is 2.41. The number of carbonyl (C=O) groups excluding carboxylic acids is 1. The van der Waals surface area contributed by atoms with E-state index in [1.165, 1.54) is 5.56 Å². The average Bonchev–Trinajstić information content (AvgIpc) is 3.18. The summed E-state index contributed by atoms with van der Waals surface area (Å²) < 4.78 is 28.2. The van der Waals surface area contributed by atoms with Crippen molar-refractivity contribution in [1.82, 2.24) is 9.21 Å². The van der Waals surface area contributed by atoms with Crippen molar-refractivity contribution in [2.24, 2.45) is 0 Å². The van der Waals surface area contributed by atoms with Crippen LogP contribution in [0.2, 0.25) is 0 Å². The van der Waals surface area contributed by atoms with E-state index in [1.54, 1.807) is 28.6 Å². The summed E-state index contributed by atoms with van der Waals surface area (Å²) in [5, 5.41) is 0. The van der Waals surface area contributed by atoms with Crippen molar-refractivity contribution in [2.75, 3.05) is 19.6 Å². The van der Waals surface area contributed by atoms with Crippen LogP contribution in [0.4, 0.5) is 0 Å². The molecule has 6 heteroatoms. The van der Waals surface area contributed by atoms with Gasteiger partial charge in [0.25, 0.3) is 0 Å². The number of hydrogen-bond acceptors (Lipinski definition) is 3. The summed E-state index contributed by atoms with van der Waals surface area (Å²) in [5.41, 5.74) is 0.829. The monoisotopic (exact) mass is 412 g/mol. The molecule has 2 aliphatic heterocycles. The van der Waals surface area contributed by atoms with E-state index in [0.29, 0.717) is 31.0 Å². The summed E-state index contributed by atoms with van der Waals surface area (Å²) in [6.07, 6.45) is 4.45. The van der Waals surface area contributed by atoms with Crippen LogP contribution in [0.3, 0.4) is 0 Å². The molecule has 2 saturated heterocycles. The molecule has 5 nitrogen and oxygen atoms in total. The molecule has 0 aromatic heterocycles. The van der Waals surface area contributed by atoms with Crippen LogP contribution in [0.1, 0.15) is 37.7 Å². The van der Waals surface area contributed by atoms with Crippen LogP contribution in [0.15, 0.2) is 65.6 Å². The van der Waals surface area contributed by atoms with Crippen LogP contribution in [0.5, 0.6) is 0 Å². The SMILES string of the molecule is O=C(CCc1ccccc1)N1CCC2(CCCN2S(=O)(=O)c2ccccc2)CC1. The van der Waals surface area contributed by atoms with Gasteiger partial charge in [0.1, 0.15) is 0 Å². The Morgan fingerprint density at radius 3 is 2.14 bits per heavy atom. The highest BCUT2D eigenvalue weighted by molar-refractivity contribution is 7.89. The van der Waals surface area contributed by atoms with Crippen LogP contribution < -0.4 is 0 Å². The Morgan fingerprint density at radius 1 is 0.862 bits per heavy atom. The Morgan fingerprint density at radius 2 is 1.48 bits per heavy atom. The van der Waals surface area contributed by atoms with Gasteiger partial charge in [-0.25, -0.2) is 8.42 Å². The lowest BCUT2D eigenvalue weighted by molar-refractivity contribution is -0.133. The maximum absolute atomic E-state index is 13.2. The van der Waals surface area contributed by atoms with Crippen LogP contribution in [-0.4, -0.2) is 48.7 Å². The zero-order valence-corrected chi connectivity index (χ0v) is 17.5. The van der Waals surface area contributed by atoms with E-state index >= 15 is 0 Å². The number of nitrogens with zero attached hydrogens (tertiary/aromatic N) is 2. The molecule has 0 saturated carbocycles. The Balaban J connectivity index is 1.40. The topological polar surface area (TPSA) is 57.7 Å². The minimum absolute atomic E-state index is 0.166. The lowest BCUT2D eigenvalue weighted by Crippen LogP contribution is -2.54. The molecule has 0 unspecified atom stereocenters. The van der Waals surface area contributed by atoms with Gasteiger partial charge in [-0.15, -0.1) is 0 Å². The normalized spacial score (nSPS) is 19.5. The molecule has 0 atom stereocenters. The van der Waals surface area contributed by atoms with Crippen molar-refractivity contribution in [3.8, 4) is 0 Å². The first-order valence-corrected chi connectivity index (χ1v) is 11.8. The standard InChI is InChI=1S/C23H28N2O3S/c26-22(13-12-20-8-3-1-4-9-20)24-18-15-23(16-19-24)14-7-17-25(23)29(27,28)21-10-5-2-6-11-21/h1-6,8-11H,7,12-19H2. The molecule has 2 aromatic rings. The van der Waals surface area contributed by atoms with Gasteiger partial charge in [-0.2, -0.15) is 4.31 Å². The molecule has 2 heterocycles. The fourth-order valence-corrected chi connectivity index (χ4v) is 6.64. The van der Waals surface area contributed by atoms with Crippen LogP contribution in [-0.2, 0) is 21.2 Å². The van der Waals surface area contributed by atoms with Gasteiger partial charge in [-0.1, -0.05) is 48.5 Å². The Labute approximate surface area is 173 Å². The molecule has 1 spiro atoms. The number of carbonyl (C=O) groups is 1. The summed E-state index contributed by atoms with van der Waals surface area (Å²) >= 11 is 0. The van der Waals surface area contributed by atoms with E-state index in [0.717, 1.165) is 32.1 Å². The van der Waals surface area contributed by atoms with Gasteiger partial charge >= 0.3 is 0 Å². The molecule has 0 N–H and O–H groups in total. The molecule has 2 aromatic carbocycles. The van der Waals surface area contributed by atoms with Crippen molar-refractivity contribution >= 4 is 15.9 Å².